The van der Waals surface area contributed by atoms with E-state index in [9.17, 15) is 9.59 Å². The first-order chi connectivity index (χ1) is 14.6. The van der Waals surface area contributed by atoms with Crippen molar-refractivity contribution in [1.29, 1.82) is 0 Å². The molecule has 0 saturated carbocycles. The Balaban J connectivity index is 1.37. The molecule has 150 valence electrons. The van der Waals surface area contributed by atoms with Crippen molar-refractivity contribution in [2.45, 2.75) is 20.1 Å². The molecule has 0 radical (unpaired) electrons. The molecule has 7 nitrogen and oxygen atoms in total. The average molecular weight is 437 g/mol. The van der Waals surface area contributed by atoms with Gasteiger partial charge >= 0.3 is 5.97 Å². The Hall–Kier alpha value is -3.30. The predicted octanol–water partition coefficient (Wildman–Crippen LogP) is 3.88. The number of thiophene rings is 1. The summed E-state index contributed by atoms with van der Waals surface area (Å²) in [5, 5.41) is 7.33. The van der Waals surface area contributed by atoms with Crippen LogP contribution in [0.3, 0.4) is 0 Å². The molecule has 1 aromatic carbocycles. The van der Waals surface area contributed by atoms with Gasteiger partial charge in [-0.2, -0.15) is 5.10 Å². The zero-order valence-electron chi connectivity index (χ0n) is 15.9. The Bertz CT molecular complexity index is 1430. The first kappa shape index (κ1) is 18.7. The number of aromatic nitrogens is 4. The minimum atomic E-state index is -0.435. The number of nitrogens with zero attached hydrogens (tertiary/aromatic N) is 4. The molecule has 0 aliphatic heterocycles. The van der Waals surface area contributed by atoms with E-state index in [0.29, 0.717) is 22.1 Å². The molecule has 4 heterocycles. The highest BCUT2D eigenvalue weighted by Crippen LogP contribution is 2.29. The summed E-state index contributed by atoms with van der Waals surface area (Å²) in [6, 6.07) is 13.3. The highest BCUT2D eigenvalue weighted by Gasteiger charge is 2.18. The number of hydrogen-bond donors (Lipinski definition) is 0. The average Bonchev–Trinajstić information content (AvgIpc) is 3.45. The number of rotatable bonds is 5. The van der Waals surface area contributed by atoms with Gasteiger partial charge in [-0.25, -0.2) is 9.78 Å². The van der Waals surface area contributed by atoms with Crippen LogP contribution in [-0.2, 0) is 17.9 Å². The number of esters is 1. The number of benzene rings is 1. The lowest BCUT2D eigenvalue weighted by atomic mass is 10.2. The van der Waals surface area contributed by atoms with Crippen molar-refractivity contribution in [3.8, 4) is 0 Å². The van der Waals surface area contributed by atoms with E-state index in [1.807, 2.05) is 48.0 Å². The van der Waals surface area contributed by atoms with Crippen LogP contribution in [0.25, 0.3) is 15.2 Å². The van der Waals surface area contributed by atoms with Crippen LogP contribution in [0.2, 0.25) is 0 Å². The van der Waals surface area contributed by atoms with E-state index in [1.54, 1.807) is 11.6 Å². The van der Waals surface area contributed by atoms with Crippen LogP contribution < -0.4 is 5.56 Å². The standard InChI is InChI=1S/C21H16N4O3S2/c1-13-16-10-17(30-19(16)25(23-13)11-14-5-3-2-4-6-14)20(27)28-12-15-9-18(26)24-7-8-29-21(24)22-15/h2-10H,11-12H2,1H3. The highest BCUT2D eigenvalue weighted by atomic mass is 32.1. The summed E-state index contributed by atoms with van der Waals surface area (Å²) in [6.45, 7) is 2.51. The number of aryl methyl sites for hydroxylation is 1. The van der Waals surface area contributed by atoms with Gasteiger partial charge in [-0.1, -0.05) is 30.3 Å². The molecule has 5 aromatic rings. The van der Waals surface area contributed by atoms with Crippen molar-refractivity contribution < 1.29 is 9.53 Å². The maximum absolute atomic E-state index is 12.6. The number of carbonyl (C=O) groups excluding carboxylic acids is 1. The van der Waals surface area contributed by atoms with Gasteiger partial charge in [0.05, 0.1) is 17.9 Å². The monoisotopic (exact) mass is 436 g/mol. The van der Waals surface area contributed by atoms with Gasteiger partial charge in [-0.05, 0) is 18.6 Å². The van der Waals surface area contributed by atoms with Crippen LogP contribution in [0.5, 0.6) is 0 Å². The molecule has 0 aliphatic carbocycles. The van der Waals surface area contributed by atoms with Crippen LogP contribution in [0.1, 0.15) is 26.6 Å². The fourth-order valence-electron chi connectivity index (χ4n) is 3.25. The van der Waals surface area contributed by atoms with Crippen LogP contribution in [-0.4, -0.2) is 25.1 Å². The molecule has 0 amide bonds. The van der Waals surface area contributed by atoms with Crippen molar-refractivity contribution in [3.63, 3.8) is 0 Å². The quantitative estimate of drug-likeness (QED) is 0.391. The van der Waals surface area contributed by atoms with Crippen molar-refractivity contribution in [1.82, 2.24) is 19.2 Å². The molecule has 0 bridgehead atoms. The van der Waals surface area contributed by atoms with Gasteiger partial charge in [0.25, 0.3) is 5.56 Å². The lowest BCUT2D eigenvalue weighted by molar-refractivity contribution is 0.0473. The first-order valence-corrected chi connectivity index (χ1v) is 10.9. The van der Waals surface area contributed by atoms with Gasteiger partial charge in [0.15, 0.2) is 4.96 Å². The van der Waals surface area contributed by atoms with Crippen LogP contribution in [0, 0.1) is 6.92 Å². The molecule has 4 aromatic heterocycles. The molecule has 9 heteroatoms. The SMILES string of the molecule is Cc1nn(Cc2ccccc2)c2sc(C(=O)OCc3cc(=O)n4ccsc4n3)cc12. The zero-order valence-corrected chi connectivity index (χ0v) is 17.6. The normalized spacial score (nSPS) is 11.4. The summed E-state index contributed by atoms with van der Waals surface area (Å²) in [6.07, 6.45) is 1.67. The molecule has 0 spiro atoms. The number of fused-ring (bicyclic) bond motifs is 2. The van der Waals surface area contributed by atoms with Crippen LogP contribution in [0.4, 0.5) is 0 Å². The second-order valence-electron chi connectivity index (χ2n) is 6.78. The minimum absolute atomic E-state index is 0.0498. The fourth-order valence-corrected chi connectivity index (χ4v) is 5.04. The lowest BCUT2D eigenvalue weighted by Crippen LogP contribution is -2.14. The van der Waals surface area contributed by atoms with E-state index in [2.05, 4.69) is 10.1 Å². The van der Waals surface area contributed by atoms with E-state index in [4.69, 9.17) is 4.74 Å². The fraction of sp³-hybridized carbons (Fsp3) is 0.143. The maximum Gasteiger partial charge on any atom is 0.348 e. The van der Waals surface area contributed by atoms with Gasteiger partial charge < -0.3 is 4.74 Å². The molecule has 0 saturated heterocycles. The third-order valence-corrected chi connectivity index (χ3v) is 6.58. The minimum Gasteiger partial charge on any atom is -0.455 e. The van der Waals surface area contributed by atoms with Crippen molar-refractivity contribution >= 4 is 43.8 Å². The number of ether oxygens (including phenoxy) is 1. The number of carbonyl (C=O) groups is 1. The van der Waals surface area contributed by atoms with E-state index < -0.39 is 5.97 Å². The molecular weight excluding hydrogens is 420 g/mol. The molecule has 5 rings (SSSR count). The Labute approximate surface area is 178 Å². The van der Waals surface area contributed by atoms with E-state index in [-0.39, 0.29) is 12.2 Å². The van der Waals surface area contributed by atoms with Gasteiger partial charge in [0.1, 0.15) is 16.3 Å². The summed E-state index contributed by atoms with van der Waals surface area (Å²) < 4.78 is 8.80. The maximum atomic E-state index is 12.6. The third kappa shape index (κ3) is 3.42. The third-order valence-electron chi connectivity index (χ3n) is 4.69. The number of hydrogen-bond acceptors (Lipinski definition) is 7. The van der Waals surface area contributed by atoms with Crippen molar-refractivity contribution in [2.75, 3.05) is 0 Å². The second kappa shape index (κ2) is 7.51. The molecule has 30 heavy (non-hydrogen) atoms. The summed E-state index contributed by atoms with van der Waals surface area (Å²) in [5.74, 6) is -0.435. The van der Waals surface area contributed by atoms with E-state index in [0.717, 1.165) is 21.5 Å². The largest absolute Gasteiger partial charge is 0.455 e. The van der Waals surface area contributed by atoms with Crippen molar-refractivity contribution in [2.24, 2.45) is 0 Å². The van der Waals surface area contributed by atoms with Gasteiger partial charge in [0.2, 0.25) is 0 Å². The molecular formula is C21H16N4O3S2. The summed E-state index contributed by atoms with van der Waals surface area (Å²) in [7, 11) is 0. The van der Waals surface area contributed by atoms with E-state index in [1.165, 1.54) is 33.1 Å². The predicted molar refractivity (Wildman–Crippen MR) is 116 cm³/mol. The Kier molecular flexibility index (Phi) is 4.68. The van der Waals surface area contributed by atoms with Gasteiger partial charge in [0, 0.05) is 23.0 Å². The van der Waals surface area contributed by atoms with Crippen LogP contribution in [0.15, 0.2) is 58.8 Å². The molecule has 0 aliphatic rings. The molecule has 0 fully saturated rings. The Morgan fingerprint density at radius 3 is 2.87 bits per heavy atom. The van der Waals surface area contributed by atoms with Crippen molar-refractivity contribution in [3.05, 3.63) is 86.2 Å². The first-order valence-electron chi connectivity index (χ1n) is 9.22. The van der Waals surface area contributed by atoms with Crippen LogP contribution >= 0.6 is 22.7 Å². The van der Waals surface area contributed by atoms with Gasteiger partial charge in [-0.3, -0.25) is 13.9 Å². The smallest absolute Gasteiger partial charge is 0.348 e. The topological polar surface area (TPSA) is 78.5 Å². The molecule has 0 unspecified atom stereocenters. The Morgan fingerprint density at radius 2 is 2.03 bits per heavy atom. The summed E-state index contributed by atoms with van der Waals surface area (Å²) in [5.41, 5.74) is 2.25. The van der Waals surface area contributed by atoms with Gasteiger partial charge in [-0.15, -0.1) is 22.7 Å². The lowest BCUT2D eigenvalue weighted by Gasteiger charge is -2.04. The molecule has 0 N–H and O–H groups in total. The Morgan fingerprint density at radius 1 is 1.20 bits per heavy atom. The zero-order chi connectivity index (χ0) is 20.7. The second-order valence-corrected chi connectivity index (χ2v) is 8.68. The number of thiazole rings is 1. The molecule has 0 atom stereocenters. The summed E-state index contributed by atoms with van der Waals surface area (Å²) >= 11 is 2.71. The highest BCUT2D eigenvalue weighted by molar-refractivity contribution is 7.20. The summed E-state index contributed by atoms with van der Waals surface area (Å²) in [4.78, 5) is 31.0. The van der Waals surface area contributed by atoms with E-state index >= 15 is 0 Å².